The van der Waals surface area contributed by atoms with Crippen LogP contribution in [-0.4, -0.2) is 11.7 Å². The van der Waals surface area contributed by atoms with Crippen LogP contribution in [0, 0.1) is 5.82 Å². The Morgan fingerprint density at radius 3 is 2.93 bits per heavy atom. The molecule has 0 aromatic heterocycles. The molecule has 3 nitrogen and oxygen atoms in total. The van der Waals surface area contributed by atoms with E-state index in [2.05, 4.69) is 5.32 Å². The van der Waals surface area contributed by atoms with Crippen molar-refractivity contribution in [2.45, 2.75) is 18.9 Å². The summed E-state index contributed by atoms with van der Waals surface area (Å²) in [6.45, 7) is 0.903. The number of rotatable bonds is 1. The molecule has 76 valence electrons. The maximum atomic E-state index is 13.0. The Morgan fingerprint density at radius 1 is 1.50 bits per heavy atom. The van der Waals surface area contributed by atoms with Gasteiger partial charge in [-0.3, -0.25) is 0 Å². The Kier molecular flexibility index (Phi) is 2.29. The Labute approximate surface area is 81.7 Å². The van der Waals surface area contributed by atoms with Gasteiger partial charge in [-0.1, -0.05) is 0 Å². The highest BCUT2D eigenvalue weighted by Crippen LogP contribution is 2.34. The van der Waals surface area contributed by atoms with Crippen LogP contribution in [0.25, 0.3) is 0 Å². The van der Waals surface area contributed by atoms with Crippen LogP contribution in [0.15, 0.2) is 12.1 Å². The third-order valence-corrected chi connectivity index (χ3v) is 2.57. The number of anilines is 1. The number of halogens is 1. The summed E-state index contributed by atoms with van der Waals surface area (Å²) in [6.07, 6.45) is 1.96. The van der Waals surface area contributed by atoms with Gasteiger partial charge >= 0.3 is 0 Å². The second kappa shape index (κ2) is 3.46. The summed E-state index contributed by atoms with van der Waals surface area (Å²) in [5.41, 5.74) is 6.15. The highest BCUT2D eigenvalue weighted by Gasteiger charge is 2.21. The predicted octanol–water partition coefficient (Wildman–Crippen LogP) is 1.54. The fraction of sp³-hybridized carbons (Fsp3) is 0.400. The van der Waals surface area contributed by atoms with E-state index in [1.54, 1.807) is 0 Å². The van der Waals surface area contributed by atoms with Gasteiger partial charge in [-0.15, -0.1) is 0 Å². The molecule has 1 fully saturated rings. The van der Waals surface area contributed by atoms with Gasteiger partial charge in [0.1, 0.15) is 11.6 Å². The zero-order chi connectivity index (χ0) is 10.1. The largest absolute Gasteiger partial charge is 0.505 e. The molecule has 1 saturated heterocycles. The molecule has 1 aromatic carbocycles. The first kappa shape index (κ1) is 9.27. The first-order chi connectivity index (χ1) is 6.68. The maximum absolute atomic E-state index is 13.0. The SMILES string of the molecule is Nc1cc(F)cc([C@@H]2CCCN2)c1O. The van der Waals surface area contributed by atoms with Crippen LogP contribution in [0.5, 0.6) is 5.75 Å². The van der Waals surface area contributed by atoms with Crippen LogP contribution in [0.1, 0.15) is 24.4 Å². The van der Waals surface area contributed by atoms with Crippen LogP contribution in [0.3, 0.4) is 0 Å². The minimum Gasteiger partial charge on any atom is -0.505 e. The van der Waals surface area contributed by atoms with Crippen molar-refractivity contribution < 1.29 is 9.50 Å². The molecule has 1 aromatic rings. The number of aromatic hydroxyl groups is 1. The van der Waals surface area contributed by atoms with Crippen molar-refractivity contribution in [2.24, 2.45) is 0 Å². The summed E-state index contributed by atoms with van der Waals surface area (Å²) in [4.78, 5) is 0. The van der Waals surface area contributed by atoms with E-state index in [1.165, 1.54) is 6.07 Å². The van der Waals surface area contributed by atoms with E-state index in [4.69, 9.17) is 5.73 Å². The Hall–Kier alpha value is -1.29. The van der Waals surface area contributed by atoms with E-state index >= 15 is 0 Å². The van der Waals surface area contributed by atoms with Crippen LogP contribution < -0.4 is 11.1 Å². The fourth-order valence-electron chi connectivity index (χ4n) is 1.86. The third kappa shape index (κ3) is 1.53. The highest BCUT2D eigenvalue weighted by atomic mass is 19.1. The fourth-order valence-corrected chi connectivity index (χ4v) is 1.86. The van der Waals surface area contributed by atoms with Gasteiger partial charge in [0.25, 0.3) is 0 Å². The van der Waals surface area contributed by atoms with Gasteiger partial charge in [-0.2, -0.15) is 0 Å². The van der Waals surface area contributed by atoms with Crippen LogP contribution in [-0.2, 0) is 0 Å². The zero-order valence-corrected chi connectivity index (χ0v) is 7.76. The Morgan fingerprint density at radius 2 is 2.29 bits per heavy atom. The summed E-state index contributed by atoms with van der Waals surface area (Å²) in [5.74, 6) is -0.394. The second-order valence-electron chi connectivity index (χ2n) is 3.58. The van der Waals surface area contributed by atoms with Crippen molar-refractivity contribution in [1.82, 2.24) is 5.32 Å². The molecule has 0 saturated carbocycles. The van der Waals surface area contributed by atoms with Crippen LogP contribution in [0.4, 0.5) is 10.1 Å². The minimum absolute atomic E-state index is 0.00537. The van der Waals surface area contributed by atoms with E-state index in [0.29, 0.717) is 5.56 Å². The second-order valence-corrected chi connectivity index (χ2v) is 3.58. The summed E-state index contributed by atoms with van der Waals surface area (Å²) in [6, 6.07) is 2.51. The van der Waals surface area contributed by atoms with Gasteiger partial charge in [0, 0.05) is 17.7 Å². The van der Waals surface area contributed by atoms with Crippen molar-refractivity contribution in [2.75, 3.05) is 12.3 Å². The van der Waals surface area contributed by atoms with Crippen LogP contribution in [0.2, 0.25) is 0 Å². The quantitative estimate of drug-likeness (QED) is 0.471. The monoisotopic (exact) mass is 196 g/mol. The predicted molar refractivity (Wildman–Crippen MR) is 52.5 cm³/mol. The molecule has 0 spiro atoms. The minimum atomic E-state index is -0.399. The molecule has 1 aliphatic rings. The van der Waals surface area contributed by atoms with Gasteiger partial charge in [-0.05, 0) is 25.5 Å². The molecule has 0 aliphatic carbocycles. The average Bonchev–Trinajstić information content (AvgIpc) is 2.63. The molecule has 0 amide bonds. The molecular formula is C10H13FN2O. The first-order valence-electron chi connectivity index (χ1n) is 4.70. The van der Waals surface area contributed by atoms with E-state index < -0.39 is 5.82 Å². The Balaban J connectivity index is 2.40. The lowest BCUT2D eigenvalue weighted by molar-refractivity contribution is 0.456. The molecule has 0 unspecified atom stereocenters. The van der Waals surface area contributed by atoms with Crippen molar-refractivity contribution in [3.05, 3.63) is 23.5 Å². The lowest BCUT2D eigenvalue weighted by Crippen LogP contribution is -2.13. The normalized spacial score (nSPS) is 21.4. The topological polar surface area (TPSA) is 58.3 Å². The molecule has 1 aliphatic heterocycles. The van der Waals surface area contributed by atoms with Gasteiger partial charge in [0.15, 0.2) is 0 Å². The van der Waals surface area contributed by atoms with Crippen molar-refractivity contribution >= 4 is 5.69 Å². The standard InChI is InChI=1S/C10H13FN2O/c11-6-4-7(9-2-1-3-13-9)10(14)8(12)5-6/h4-5,9,13-14H,1-3,12H2/t9-/m0/s1. The number of phenols is 1. The molecule has 2 rings (SSSR count). The summed E-state index contributed by atoms with van der Waals surface area (Å²) in [5, 5.41) is 12.8. The molecule has 0 bridgehead atoms. The highest BCUT2D eigenvalue weighted by molar-refractivity contribution is 5.57. The maximum Gasteiger partial charge on any atom is 0.143 e. The van der Waals surface area contributed by atoms with Crippen LogP contribution >= 0.6 is 0 Å². The molecule has 14 heavy (non-hydrogen) atoms. The number of hydrogen-bond acceptors (Lipinski definition) is 3. The summed E-state index contributed by atoms with van der Waals surface area (Å²) >= 11 is 0. The van der Waals surface area contributed by atoms with Crippen molar-refractivity contribution in [1.29, 1.82) is 0 Å². The summed E-state index contributed by atoms with van der Waals surface area (Å²) < 4.78 is 13.0. The van der Waals surface area contributed by atoms with Gasteiger partial charge in [-0.25, -0.2) is 4.39 Å². The summed E-state index contributed by atoms with van der Waals surface area (Å²) in [7, 11) is 0. The third-order valence-electron chi connectivity index (χ3n) is 2.57. The number of nitrogens with two attached hydrogens (primary N) is 1. The van der Waals surface area contributed by atoms with E-state index in [0.717, 1.165) is 25.5 Å². The zero-order valence-electron chi connectivity index (χ0n) is 7.76. The molecule has 1 heterocycles. The smallest absolute Gasteiger partial charge is 0.143 e. The molecule has 4 heteroatoms. The van der Waals surface area contributed by atoms with Crippen molar-refractivity contribution in [3.63, 3.8) is 0 Å². The first-order valence-corrected chi connectivity index (χ1v) is 4.70. The number of nitrogens with one attached hydrogen (secondary N) is 1. The molecule has 1 atom stereocenters. The number of phenolic OH excluding ortho intramolecular Hbond substituents is 1. The van der Waals surface area contributed by atoms with E-state index in [-0.39, 0.29) is 17.5 Å². The van der Waals surface area contributed by atoms with Crippen molar-refractivity contribution in [3.8, 4) is 5.75 Å². The molecular weight excluding hydrogens is 183 g/mol. The lowest BCUT2D eigenvalue weighted by Gasteiger charge is -2.13. The lowest BCUT2D eigenvalue weighted by atomic mass is 10.0. The van der Waals surface area contributed by atoms with E-state index in [9.17, 15) is 9.50 Å². The molecule has 0 radical (unpaired) electrons. The van der Waals surface area contributed by atoms with Gasteiger partial charge in [0.2, 0.25) is 0 Å². The number of benzene rings is 1. The van der Waals surface area contributed by atoms with Gasteiger partial charge in [0.05, 0.1) is 5.69 Å². The number of nitrogen functional groups attached to an aromatic ring is 1. The Bertz CT molecular complexity index is 348. The van der Waals surface area contributed by atoms with Gasteiger partial charge < -0.3 is 16.2 Å². The average molecular weight is 196 g/mol. The molecule has 4 N–H and O–H groups in total. The van der Waals surface area contributed by atoms with E-state index in [1.807, 2.05) is 0 Å². The number of hydrogen-bond donors (Lipinski definition) is 3.